The van der Waals surface area contributed by atoms with Crippen molar-refractivity contribution < 1.29 is 9.57 Å². The number of hydroxylamine groups is 1. The zero-order chi connectivity index (χ0) is 10.7. The standard InChI is InChI=1S/C12H17NO2/c1-9-5-6-12-10(8-9)11(13-14-2)4-3-7-15-12/h5-6,8,11,13H,3-4,7H2,1-2H3. The third-order valence-corrected chi connectivity index (χ3v) is 2.70. The van der Waals surface area contributed by atoms with Gasteiger partial charge in [-0.2, -0.15) is 5.48 Å². The van der Waals surface area contributed by atoms with Gasteiger partial charge in [0.2, 0.25) is 0 Å². The van der Waals surface area contributed by atoms with Crippen LogP contribution in [-0.2, 0) is 4.84 Å². The molecule has 2 rings (SSSR count). The summed E-state index contributed by atoms with van der Waals surface area (Å²) in [6.07, 6.45) is 2.10. The van der Waals surface area contributed by atoms with Gasteiger partial charge in [0.25, 0.3) is 0 Å². The van der Waals surface area contributed by atoms with E-state index in [1.807, 2.05) is 6.07 Å². The molecule has 0 aromatic heterocycles. The molecule has 1 aromatic carbocycles. The Kier molecular flexibility index (Phi) is 3.23. The minimum atomic E-state index is 0.243. The molecule has 1 aliphatic rings. The molecule has 0 spiro atoms. The molecule has 1 atom stereocenters. The Morgan fingerprint density at radius 3 is 3.13 bits per heavy atom. The molecular formula is C12H17NO2. The van der Waals surface area contributed by atoms with Gasteiger partial charge in [-0.15, -0.1) is 0 Å². The Hall–Kier alpha value is -1.06. The van der Waals surface area contributed by atoms with Crippen molar-refractivity contribution in [3.05, 3.63) is 29.3 Å². The second kappa shape index (κ2) is 4.64. The lowest BCUT2D eigenvalue weighted by molar-refractivity contribution is 0.0579. The van der Waals surface area contributed by atoms with Gasteiger partial charge in [-0.3, -0.25) is 0 Å². The van der Waals surface area contributed by atoms with Crippen molar-refractivity contribution >= 4 is 0 Å². The average Bonchev–Trinajstić information content (AvgIpc) is 2.42. The van der Waals surface area contributed by atoms with E-state index in [0.29, 0.717) is 0 Å². The second-order valence-corrected chi connectivity index (χ2v) is 3.91. The van der Waals surface area contributed by atoms with Gasteiger partial charge >= 0.3 is 0 Å². The van der Waals surface area contributed by atoms with Crippen molar-refractivity contribution in [3.63, 3.8) is 0 Å². The van der Waals surface area contributed by atoms with Crippen molar-refractivity contribution in [2.45, 2.75) is 25.8 Å². The van der Waals surface area contributed by atoms with Crippen LogP contribution < -0.4 is 10.2 Å². The minimum Gasteiger partial charge on any atom is -0.493 e. The predicted molar refractivity (Wildman–Crippen MR) is 58.8 cm³/mol. The molecule has 0 saturated heterocycles. The third-order valence-electron chi connectivity index (χ3n) is 2.70. The zero-order valence-corrected chi connectivity index (χ0v) is 9.25. The molecule has 0 aliphatic carbocycles. The third kappa shape index (κ3) is 2.30. The maximum atomic E-state index is 5.68. The van der Waals surface area contributed by atoms with E-state index in [2.05, 4.69) is 24.5 Å². The van der Waals surface area contributed by atoms with Crippen LogP contribution in [0.2, 0.25) is 0 Å². The van der Waals surface area contributed by atoms with Crippen LogP contribution in [0.3, 0.4) is 0 Å². The number of rotatable bonds is 2. The van der Waals surface area contributed by atoms with Crippen LogP contribution >= 0.6 is 0 Å². The summed E-state index contributed by atoms with van der Waals surface area (Å²) in [5.74, 6) is 0.979. The lowest BCUT2D eigenvalue weighted by Crippen LogP contribution is -2.19. The molecule has 0 saturated carbocycles. The first-order valence-corrected chi connectivity index (χ1v) is 5.33. The van der Waals surface area contributed by atoms with E-state index >= 15 is 0 Å². The molecule has 1 heterocycles. The highest BCUT2D eigenvalue weighted by Crippen LogP contribution is 2.31. The van der Waals surface area contributed by atoms with Crippen LogP contribution in [0.15, 0.2) is 18.2 Å². The number of benzene rings is 1. The Balaban J connectivity index is 2.33. The highest BCUT2D eigenvalue weighted by molar-refractivity contribution is 5.39. The van der Waals surface area contributed by atoms with Crippen molar-refractivity contribution in [2.24, 2.45) is 0 Å². The zero-order valence-electron chi connectivity index (χ0n) is 9.25. The van der Waals surface area contributed by atoms with Crippen LogP contribution in [-0.4, -0.2) is 13.7 Å². The fraction of sp³-hybridized carbons (Fsp3) is 0.500. The monoisotopic (exact) mass is 207 g/mol. The Morgan fingerprint density at radius 1 is 1.47 bits per heavy atom. The average molecular weight is 207 g/mol. The Labute approximate surface area is 90.3 Å². The minimum absolute atomic E-state index is 0.243. The van der Waals surface area contributed by atoms with Gasteiger partial charge in [-0.1, -0.05) is 17.7 Å². The first kappa shape index (κ1) is 10.5. The largest absolute Gasteiger partial charge is 0.493 e. The van der Waals surface area contributed by atoms with Gasteiger partial charge in [0, 0.05) is 5.56 Å². The maximum Gasteiger partial charge on any atom is 0.124 e. The molecule has 1 aliphatic heterocycles. The molecule has 1 unspecified atom stereocenters. The molecule has 0 bridgehead atoms. The number of aryl methyl sites for hydroxylation is 1. The van der Waals surface area contributed by atoms with Crippen LogP contribution in [0.5, 0.6) is 5.75 Å². The number of hydrogen-bond donors (Lipinski definition) is 1. The normalized spacial score (nSPS) is 20.3. The van der Waals surface area contributed by atoms with E-state index in [4.69, 9.17) is 9.57 Å². The fourth-order valence-corrected chi connectivity index (χ4v) is 1.96. The lowest BCUT2D eigenvalue weighted by atomic mass is 10.0. The molecule has 1 N–H and O–H groups in total. The summed E-state index contributed by atoms with van der Waals surface area (Å²) in [6, 6.07) is 6.53. The number of hydrogen-bond acceptors (Lipinski definition) is 3. The van der Waals surface area contributed by atoms with E-state index in [-0.39, 0.29) is 6.04 Å². The number of fused-ring (bicyclic) bond motifs is 1. The van der Waals surface area contributed by atoms with Crippen molar-refractivity contribution in [1.29, 1.82) is 0 Å². The summed E-state index contributed by atoms with van der Waals surface area (Å²) in [7, 11) is 1.65. The SMILES string of the molecule is CONC1CCCOc2ccc(C)cc21. The van der Waals surface area contributed by atoms with Gasteiger partial charge in [0.05, 0.1) is 19.8 Å². The first-order chi connectivity index (χ1) is 7.31. The van der Waals surface area contributed by atoms with Gasteiger partial charge in [-0.05, 0) is 25.8 Å². The summed E-state index contributed by atoms with van der Waals surface area (Å²) in [5, 5.41) is 0. The molecular weight excluding hydrogens is 190 g/mol. The smallest absolute Gasteiger partial charge is 0.124 e. The summed E-state index contributed by atoms with van der Waals surface area (Å²) in [6.45, 7) is 2.88. The topological polar surface area (TPSA) is 30.5 Å². The second-order valence-electron chi connectivity index (χ2n) is 3.91. The molecule has 0 amide bonds. The van der Waals surface area contributed by atoms with E-state index < -0.39 is 0 Å². The van der Waals surface area contributed by atoms with E-state index in [1.54, 1.807) is 7.11 Å². The van der Waals surface area contributed by atoms with Crippen molar-refractivity contribution in [3.8, 4) is 5.75 Å². The summed E-state index contributed by atoms with van der Waals surface area (Å²) < 4.78 is 5.68. The van der Waals surface area contributed by atoms with Gasteiger partial charge in [0.15, 0.2) is 0 Å². The predicted octanol–water partition coefficient (Wildman–Crippen LogP) is 2.36. The van der Waals surface area contributed by atoms with E-state index in [0.717, 1.165) is 25.2 Å². The van der Waals surface area contributed by atoms with Gasteiger partial charge in [-0.25, -0.2) is 0 Å². The van der Waals surface area contributed by atoms with E-state index in [9.17, 15) is 0 Å². The molecule has 0 fully saturated rings. The van der Waals surface area contributed by atoms with Crippen LogP contribution in [0, 0.1) is 6.92 Å². The highest BCUT2D eigenvalue weighted by atomic mass is 16.6. The quantitative estimate of drug-likeness (QED) is 0.755. The highest BCUT2D eigenvalue weighted by Gasteiger charge is 2.19. The molecule has 82 valence electrons. The molecule has 1 aromatic rings. The fourth-order valence-electron chi connectivity index (χ4n) is 1.96. The maximum absolute atomic E-state index is 5.68. The van der Waals surface area contributed by atoms with Crippen LogP contribution in [0.4, 0.5) is 0 Å². The van der Waals surface area contributed by atoms with Crippen molar-refractivity contribution in [1.82, 2.24) is 5.48 Å². The number of ether oxygens (including phenoxy) is 1. The molecule has 0 radical (unpaired) electrons. The summed E-state index contributed by atoms with van der Waals surface area (Å²) >= 11 is 0. The van der Waals surface area contributed by atoms with E-state index in [1.165, 1.54) is 11.1 Å². The van der Waals surface area contributed by atoms with Gasteiger partial charge in [0.1, 0.15) is 5.75 Å². The van der Waals surface area contributed by atoms with Gasteiger partial charge < -0.3 is 9.57 Å². The van der Waals surface area contributed by atoms with Crippen molar-refractivity contribution in [2.75, 3.05) is 13.7 Å². The summed E-state index contributed by atoms with van der Waals surface area (Å²) in [4.78, 5) is 5.03. The first-order valence-electron chi connectivity index (χ1n) is 5.33. The Morgan fingerprint density at radius 2 is 2.33 bits per heavy atom. The Bertz CT molecular complexity index is 338. The molecule has 15 heavy (non-hydrogen) atoms. The number of nitrogens with one attached hydrogen (secondary N) is 1. The summed E-state index contributed by atoms with van der Waals surface area (Å²) in [5.41, 5.74) is 5.48. The molecule has 3 heteroatoms. The molecule has 3 nitrogen and oxygen atoms in total. The van der Waals surface area contributed by atoms with Crippen LogP contribution in [0.25, 0.3) is 0 Å². The lowest BCUT2D eigenvalue weighted by Gasteiger charge is -2.17. The van der Waals surface area contributed by atoms with Crippen LogP contribution in [0.1, 0.15) is 30.0 Å².